The zero-order valence-corrected chi connectivity index (χ0v) is 16.4. The summed E-state index contributed by atoms with van der Waals surface area (Å²) >= 11 is 0. The standard InChI is InChI=1S/C23H28N2O/c1-6-25(7-2)18-14-12-17(21(26)16-18)13-15-22-23(3,4)19-10-8-9-11-20(19)24(22)5/h8-16H,6-7H2,1-5H3/b17-13-,22-15-. The number of hydrogen-bond acceptors (Lipinski definition) is 3. The molecule has 0 aromatic heterocycles. The molecule has 0 unspecified atom stereocenters. The van der Waals surface area contributed by atoms with Crippen molar-refractivity contribution in [3.8, 4) is 0 Å². The van der Waals surface area contributed by atoms with E-state index >= 15 is 0 Å². The number of benzene rings is 1. The highest BCUT2D eigenvalue weighted by Crippen LogP contribution is 2.46. The molecular formula is C23H28N2O. The van der Waals surface area contributed by atoms with Gasteiger partial charge in [0.05, 0.1) is 0 Å². The lowest BCUT2D eigenvalue weighted by Crippen LogP contribution is -2.23. The number of anilines is 1. The second kappa shape index (κ2) is 6.99. The summed E-state index contributed by atoms with van der Waals surface area (Å²) in [5.41, 5.74) is 5.40. The third-order valence-corrected chi connectivity index (χ3v) is 5.49. The normalized spacial score (nSPS) is 21.3. The Balaban J connectivity index is 1.89. The van der Waals surface area contributed by atoms with Crippen molar-refractivity contribution >= 4 is 11.5 Å². The lowest BCUT2D eigenvalue weighted by Gasteiger charge is -2.24. The summed E-state index contributed by atoms with van der Waals surface area (Å²) in [4.78, 5) is 17.0. The second-order valence-corrected chi connectivity index (χ2v) is 7.31. The van der Waals surface area contributed by atoms with Crippen LogP contribution in [0.25, 0.3) is 0 Å². The van der Waals surface area contributed by atoms with Crippen LogP contribution < -0.4 is 4.90 Å². The molecule has 136 valence electrons. The van der Waals surface area contributed by atoms with Crippen molar-refractivity contribution in [2.75, 3.05) is 25.0 Å². The monoisotopic (exact) mass is 348 g/mol. The number of fused-ring (bicyclic) bond motifs is 1. The molecule has 1 aliphatic heterocycles. The summed E-state index contributed by atoms with van der Waals surface area (Å²) in [6, 6.07) is 8.49. The Bertz CT molecular complexity index is 836. The van der Waals surface area contributed by atoms with E-state index in [0.717, 1.165) is 24.4 Å². The van der Waals surface area contributed by atoms with Crippen molar-refractivity contribution in [1.82, 2.24) is 4.90 Å². The first-order valence-corrected chi connectivity index (χ1v) is 9.34. The molecule has 2 aliphatic rings. The highest BCUT2D eigenvalue weighted by atomic mass is 16.1. The first-order chi connectivity index (χ1) is 12.4. The maximum atomic E-state index is 12.5. The number of allylic oxidation sites excluding steroid dienone is 7. The van der Waals surface area contributed by atoms with Gasteiger partial charge in [-0.15, -0.1) is 0 Å². The highest BCUT2D eigenvalue weighted by Gasteiger charge is 2.37. The fourth-order valence-electron chi connectivity index (χ4n) is 3.92. The molecule has 0 atom stereocenters. The molecule has 26 heavy (non-hydrogen) atoms. The van der Waals surface area contributed by atoms with Gasteiger partial charge in [-0.05, 0) is 49.8 Å². The van der Waals surface area contributed by atoms with Gasteiger partial charge in [-0.3, -0.25) is 4.79 Å². The topological polar surface area (TPSA) is 23.6 Å². The van der Waals surface area contributed by atoms with E-state index in [1.54, 1.807) is 6.08 Å². The Morgan fingerprint density at radius 1 is 1.08 bits per heavy atom. The summed E-state index contributed by atoms with van der Waals surface area (Å²) in [6.07, 6.45) is 9.76. The Morgan fingerprint density at radius 2 is 1.77 bits per heavy atom. The molecule has 3 nitrogen and oxygen atoms in total. The van der Waals surface area contributed by atoms with Crippen molar-refractivity contribution in [3.05, 3.63) is 77.2 Å². The van der Waals surface area contributed by atoms with Gasteiger partial charge in [0.15, 0.2) is 5.78 Å². The van der Waals surface area contributed by atoms with Gasteiger partial charge >= 0.3 is 0 Å². The molecule has 0 radical (unpaired) electrons. The zero-order valence-electron chi connectivity index (χ0n) is 16.4. The van der Waals surface area contributed by atoms with Gasteiger partial charge in [0.25, 0.3) is 0 Å². The van der Waals surface area contributed by atoms with Crippen molar-refractivity contribution < 1.29 is 4.79 Å². The Morgan fingerprint density at radius 3 is 2.38 bits per heavy atom. The van der Waals surface area contributed by atoms with E-state index in [9.17, 15) is 4.79 Å². The quantitative estimate of drug-likeness (QED) is 0.744. The number of hydrogen-bond donors (Lipinski definition) is 0. The molecule has 1 aromatic rings. The van der Waals surface area contributed by atoms with Gasteiger partial charge in [-0.25, -0.2) is 0 Å². The molecule has 0 bridgehead atoms. The first kappa shape index (κ1) is 18.2. The molecule has 0 amide bonds. The highest BCUT2D eigenvalue weighted by molar-refractivity contribution is 6.08. The molecule has 1 heterocycles. The lowest BCUT2D eigenvalue weighted by molar-refractivity contribution is -0.111. The summed E-state index contributed by atoms with van der Waals surface area (Å²) in [5, 5.41) is 0. The van der Waals surface area contributed by atoms with Crippen molar-refractivity contribution in [2.24, 2.45) is 0 Å². The molecule has 0 saturated carbocycles. The minimum atomic E-state index is -0.0773. The maximum Gasteiger partial charge on any atom is 0.187 e. The molecule has 0 N–H and O–H groups in total. The maximum absolute atomic E-state index is 12.5. The Hall–Kier alpha value is -2.55. The molecule has 0 spiro atoms. The lowest BCUT2D eigenvalue weighted by atomic mass is 9.83. The van der Waals surface area contributed by atoms with Crippen LogP contribution in [-0.4, -0.2) is 30.8 Å². The van der Waals surface area contributed by atoms with E-state index in [0.29, 0.717) is 0 Å². The molecular weight excluding hydrogens is 320 g/mol. The van der Waals surface area contributed by atoms with Crippen molar-refractivity contribution in [3.63, 3.8) is 0 Å². The van der Waals surface area contributed by atoms with E-state index in [1.807, 2.05) is 18.2 Å². The van der Waals surface area contributed by atoms with E-state index in [1.165, 1.54) is 16.9 Å². The number of ketones is 1. The number of nitrogens with zero attached hydrogens (tertiary/aromatic N) is 2. The zero-order chi connectivity index (χ0) is 18.9. The summed E-state index contributed by atoms with van der Waals surface area (Å²) in [5.74, 6) is 0.0715. The molecule has 1 aromatic carbocycles. The van der Waals surface area contributed by atoms with Gasteiger partial charge in [-0.2, -0.15) is 0 Å². The van der Waals surface area contributed by atoms with Crippen LogP contribution in [0.1, 0.15) is 33.3 Å². The van der Waals surface area contributed by atoms with Crippen LogP contribution >= 0.6 is 0 Å². The molecule has 3 rings (SSSR count). The van der Waals surface area contributed by atoms with E-state index < -0.39 is 0 Å². The molecule has 1 aliphatic carbocycles. The fourth-order valence-corrected chi connectivity index (χ4v) is 3.92. The summed E-state index contributed by atoms with van der Waals surface area (Å²) < 4.78 is 0. The van der Waals surface area contributed by atoms with E-state index in [2.05, 4.69) is 74.9 Å². The van der Waals surface area contributed by atoms with Gasteiger partial charge in [0.1, 0.15) is 0 Å². The van der Waals surface area contributed by atoms with Gasteiger partial charge in [-0.1, -0.05) is 32.0 Å². The summed E-state index contributed by atoms with van der Waals surface area (Å²) in [7, 11) is 2.09. The average molecular weight is 348 g/mol. The van der Waals surface area contributed by atoms with Crippen LogP contribution in [0.4, 0.5) is 5.69 Å². The van der Waals surface area contributed by atoms with Crippen LogP contribution in [0.15, 0.2) is 71.6 Å². The second-order valence-electron chi connectivity index (χ2n) is 7.31. The number of rotatable bonds is 4. The predicted octanol–water partition coefficient (Wildman–Crippen LogP) is 4.59. The van der Waals surface area contributed by atoms with Crippen LogP contribution in [0.3, 0.4) is 0 Å². The van der Waals surface area contributed by atoms with Gasteiger partial charge < -0.3 is 9.80 Å². The third-order valence-electron chi connectivity index (χ3n) is 5.49. The van der Waals surface area contributed by atoms with Crippen molar-refractivity contribution in [1.29, 1.82) is 0 Å². The fraction of sp³-hybridized carbons (Fsp3) is 0.348. The number of carbonyl (C=O) groups excluding carboxylic acids is 1. The summed E-state index contributed by atoms with van der Waals surface area (Å²) in [6.45, 7) is 10.5. The van der Waals surface area contributed by atoms with Crippen LogP contribution in [0.5, 0.6) is 0 Å². The van der Waals surface area contributed by atoms with Crippen LogP contribution in [-0.2, 0) is 10.2 Å². The van der Waals surface area contributed by atoms with E-state index in [4.69, 9.17) is 0 Å². The van der Waals surface area contributed by atoms with E-state index in [-0.39, 0.29) is 11.2 Å². The Labute approximate surface area is 157 Å². The number of likely N-dealkylation sites (N-methyl/N-ethyl adjacent to an activating group) is 2. The SMILES string of the molecule is CCN(CC)C1=CC(=O)/C(=C\C=C2/N(C)c3ccccc3C2(C)C)C=C1. The smallest absolute Gasteiger partial charge is 0.187 e. The van der Waals surface area contributed by atoms with Crippen LogP contribution in [0, 0.1) is 0 Å². The predicted molar refractivity (Wildman–Crippen MR) is 109 cm³/mol. The molecule has 0 saturated heterocycles. The molecule has 3 heteroatoms. The first-order valence-electron chi connectivity index (χ1n) is 9.34. The number of carbonyl (C=O) groups is 1. The van der Waals surface area contributed by atoms with Crippen LogP contribution in [0.2, 0.25) is 0 Å². The average Bonchev–Trinajstić information content (AvgIpc) is 2.82. The third kappa shape index (κ3) is 3.03. The minimum Gasteiger partial charge on any atom is -0.372 e. The molecule has 0 fully saturated rings. The van der Waals surface area contributed by atoms with Gasteiger partial charge in [0, 0.05) is 54.3 Å². The minimum absolute atomic E-state index is 0.0715. The van der Waals surface area contributed by atoms with Crippen molar-refractivity contribution in [2.45, 2.75) is 33.1 Å². The largest absolute Gasteiger partial charge is 0.372 e. The van der Waals surface area contributed by atoms with Gasteiger partial charge in [0.2, 0.25) is 0 Å². The Kier molecular flexibility index (Phi) is 4.90. The number of para-hydroxylation sites is 1.